The summed E-state index contributed by atoms with van der Waals surface area (Å²) in [6.45, 7) is 3.06. The van der Waals surface area contributed by atoms with Gasteiger partial charge >= 0.3 is 5.97 Å². The topological polar surface area (TPSA) is 75.6 Å². The van der Waals surface area contributed by atoms with Crippen LogP contribution in [0.1, 0.15) is 32.7 Å². The van der Waals surface area contributed by atoms with Crippen molar-refractivity contribution in [3.63, 3.8) is 0 Å². The van der Waals surface area contributed by atoms with Crippen molar-refractivity contribution in [3.8, 4) is 0 Å². The largest absolute Gasteiger partial charge is 0.477 e. The molecule has 0 saturated carbocycles. The number of amides is 1. The Morgan fingerprint density at radius 3 is 2.71 bits per heavy atom. The van der Waals surface area contributed by atoms with E-state index in [2.05, 4.69) is 5.32 Å². The maximum absolute atomic E-state index is 11.9. The van der Waals surface area contributed by atoms with Crippen molar-refractivity contribution in [1.29, 1.82) is 0 Å². The molecule has 5 nitrogen and oxygen atoms in total. The first-order chi connectivity index (χ1) is 8.00. The second-order valence-corrected chi connectivity index (χ2v) is 5.37. The first kappa shape index (κ1) is 12.1. The van der Waals surface area contributed by atoms with Gasteiger partial charge in [0.15, 0.2) is 0 Å². The van der Waals surface area contributed by atoms with E-state index in [9.17, 15) is 9.59 Å². The highest BCUT2D eigenvalue weighted by molar-refractivity contribution is 7.15. The minimum absolute atomic E-state index is 0.169. The Balaban J connectivity index is 2.06. The lowest BCUT2D eigenvalue weighted by molar-refractivity contribution is 0.0702. The third-order valence-electron chi connectivity index (χ3n) is 2.67. The molecule has 17 heavy (non-hydrogen) atoms. The van der Waals surface area contributed by atoms with Gasteiger partial charge < -0.3 is 15.2 Å². The molecular formula is C11H13NO4S. The van der Waals surface area contributed by atoms with E-state index in [1.807, 2.05) is 6.92 Å². The number of carboxylic acid groups (broad SMARTS) is 1. The van der Waals surface area contributed by atoms with Crippen LogP contribution in [0.15, 0.2) is 12.1 Å². The van der Waals surface area contributed by atoms with Gasteiger partial charge in [-0.3, -0.25) is 4.79 Å². The van der Waals surface area contributed by atoms with Gasteiger partial charge in [0, 0.05) is 6.61 Å². The Kier molecular flexibility index (Phi) is 3.17. The molecule has 1 aliphatic rings. The molecule has 1 aliphatic heterocycles. The fourth-order valence-corrected chi connectivity index (χ4v) is 2.42. The average Bonchev–Trinajstić information content (AvgIpc) is 2.86. The molecule has 1 amide bonds. The van der Waals surface area contributed by atoms with Crippen molar-refractivity contribution in [2.75, 3.05) is 13.2 Å². The molecular weight excluding hydrogens is 242 g/mol. The zero-order chi connectivity index (χ0) is 12.5. The molecule has 0 radical (unpaired) electrons. The first-order valence-corrected chi connectivity index (χ1v) is 6.05. The van der Waals surface area contributed by atoms with Gasteiger partial charge in [-0.25, -0.2) is 4.79 Å². The molecule has 0 spiro atoms. The molecule has 2 rings (SSSR count). The second-order valence-electron chi connectivity index (χ2n) is 4.29. The highest BCUT2D eigenvalue weighted by Crippen LogP contribution is 2.21. The minimum atomic E-state index is -1.01. The minimum Gasteiger partial charge on any atom is -0.477 e. The van der Waals surface area contributed by atoms with Crippen LogP contribution in [0, 0.1) is 0 Å². The van der Waals surface area contributed by atoms with Gasteiger partial charge in [0.25, 0.3) is 5.91 Å². The number of carboxylic acids is 1. The summed E-state index contributed by atoms with van der Waals surface area (Å²) in [5.41, 5.74) is -0.343. The number of aromatic carboxylic acids is 1. The van der Waals surface area contributed by atoms with Crippen LogP contribution in [-0.4, -0.2) is 35.7 Å². The molecule has 1 unspecified atom stereocenters. The van der Waals surface area contributed by atoms with Gasteiger partial charge in [0.1, 0.15) is 4.88 Å². The van der Waals surface area contributed by atoms with Crippen molar-refractivity contribution in [3.05, 3.63) is 21.9 Å². The Morgan fingerprint density at radius 2 is 2.18 bits per heavy atom. The summed E-state index contributed by atoms with van der Waals surface area (Å²) < 4.78 is 5.23. The smallest absolute Gasteiger partial charge is 0.345 e. The van der Waals surface area contributed by atoms with E-state index < -0.39 is 5.97 Å². The third-order valence-corrected chi connectivity index (χ3v) is 3.75. The van der Waals surface area contributed by atoms with Gasteiger partial charge in [-0.05, 0) is 25.5 Å². The molecule has 2 heterocycles. The first-order valence-electron chi connectivity index (χ1n) is 5.24. The van der Waals surface area contributed by atoms with Crippen LogP contribution < -0.4 is 5.32 Å². The number of nitrogens with one attached hydrogen (secondary N) is 1. The van der Waals surface area contributed by atoms with E-state index in [1.54, 1.807) is 0 Å². The molecule has 6 heteroatoms. The van der Waals surface area contributed by atoms with Crippen molar-refractivity contribution in [2.45, 2.75) is 18.9 Å². The van der Waals surface area contributed by atoms with Gasteiger partial charge in [-0.1, -0.05) is 0 Å². The number of carbonyl (C=O) groups is 2. The maximum atomic E-state index is 11.9. The number of thiophene rings is 1. The summed E-state index contributed by atoms with van der Waals surface area (Å²) >= 11 is 0.979. The third kappa shape index (κ3) is 2.65. The SMILES string of the molecule is CC1(NC(=O)c2ccc(C(=O)O)s2)CCOC1. The quantitative estimate of drug-likeness (QED) is 0.855. The lowest BCUT2D eigenvalue weighted by atomic mass is 10.0. The molecule has 0 aliphatic carbocycles. The molecule has 0 aromatic carbocycles. The van der Waals surface area contributed by atoms with E-state index in [0.29, 0.717) is 18.1 Å². The van der Waals surface area contributed by atoms with Crippen LogP contribution in [0.25, 0.3) is 0 Å². The standard InChI is InChI=1S/C11H13NO4S/c1-11(4-5-16-6-11)12-9(13)7-2-3-8(17-7)10(14)15/h2-3H,4-6H2,1H3,(H,12,13)(H,14,15). The number of hydrogen-bond donors (Lipinski definition) is 2. The monoisotopic (exact) mass is 255 g/mol. The molecule has 1 fully saturated rings. The normalized spacial score (nSPS) is 23.6. The Bertz CT molecular complexity index is 448. The van der Waals surface area contributed by atoms with Gasteiger partial charge in [-0.2, -0.15) is 0 Å². The Labute approximate surface area is 102 Å². The summed E-state index contributed by atoms with van der Waals surface area (Å²) in [6, 6.07) is 2.97. The maximum Gasteiger partial charge on any atom is 0.345 e. The average molecular weight is 255 g/mol. The predicted molar refractivity (Wildman–Crippen MR) is 62.6 cm³/mol. The lowest BCUT2D eigenvalue weighted by Crippen LogP contribution is -2.46. The lowest BCUT2D eigenvalue weighted by Gasteiger charge is -2.22. The van der Waals surface area contributed by atoms with E-state index in [0.717, 1.165) is 17.8 Å². The van der Waals surface area contributed by atoms with E-state index in [1.165, 1.54) is 12.1 Å². The van der Waals surface area contributed by atoms with E-state index >= 15 is 0 Å². The molecule has 2 N–H and O–H groups in total. The highest BCUT2D eigenvalue weighted by atomic mass is 32.1. The Hall–Kier alpha value is -1.40. The summed E-state index contributed by atoms with van der Waals surface area (Å²) in [7, 11) is 0. The molecule has 92 valence electrons. The van der Waals surface area contributed by atoms with Crippen molar-refractivity contribution >= 4 is 23.2 Å². The van der Waals surface area contributed by atoms with Crippen molar-refractivity contribution in [2.24, 2.45) is 0 Å². The molecule has 1 aromatic rings. The van der Waals surface area contributed by atoms with Gasteiger partial charge in [-0.15, -0.1) is 11.3 Å². The van der Waals surface area contributed by atoms with Gasteiger partial charge in [0.2, 0.25) is 0 Å². The van der Waals surface area contributed by atoms with Crippen molar-refractivity contribution in [1.82, 2.24) is 5.32 Å². The van der Waals surface area contributed by atoms with Crippen LogP contribution >= 0.6 is 11.3 Å². The van der Waals surface area contributed by atoms with Crippen LogP contribution in [0.3, 0.4) is 0 Å². The molecule has 0 bridgehead atoms. The van der Waals surface area contributed by atoms with Crippen LogP contribution in [0.5, 0.6) is 0 Å². The molecule has 1 saturated heterocycles. The van der Waals surface area contributed by atoms with Crippen LogP contribution in [0.4, 0.5) is 0 Å². The van der Waals surface area contributed by atoms with Crippen LogP contribution in [0.2, 0.25) is 0 Å². The zero-order valence-electron chi connectivity index (χ0n) is 9.36. The number of ether oxygens (including phenoxy) is 1. The van der Waals surface area contributed by atoms with Gasteiger partial charge in [0.05, 0.1) is 17.0 Å². The number of rotatable bonds is 3. The number of hydrogen-bond acceptors (Lipinski definition) is 4. The fraction of sp³-hybridized carbons (Fsp3) is 0.455. The Morgan fingerprint density at radius 1 is 1.47 bits per heavy atom. The molecule has 1 atom stereocenters. The zero-order valence-corrected chi connectivity index (χ0v) is 10.2. The number of carbonyl (C=O) groups excluding carboxylic acids is 1. The highest BCUT2D eigenvalue weighted by Gasteiger charge is 2.31. The molecule has 1 aromatic heterocycles. The van der Waals surface area contributed by atoms with E-state index in [-0.39, 0.29) is 16.3 Å². The predicted octanol–water partition coefficient (Wildman–Crippen LogP) is 1.36. The van der Waals surface area contributed by atoms with E-state index in [4.69, 9.17) is 9.84 Å². The summed E-state index contributed by atoms with van der Waals surface area (Å²) in [5, 5.41) is 11.7. The fourth-order valence-electron chi connectivity index (χ4n) is 1.68. The second kappa shape index (κ2) is 4.46. The summed E-state index contributed by atoms with van der Waals surface area (Å²) in [6.07, 6.45) is 0.774. The summed E-state index contributed by atoms with van der Waals surface area (Å²) in [4.78, 5) is 23.2. The van der Waals surface area contributed by atoms with Crippen molar-refractivity contribution < 1.29 is 19.4 Å². The summed E-state index contributed by atoms with van der Waals surface area (Å²) in [5.74, 6) is -1.25. The van der Waals surface area contributed by atoms with Crippen LogP contribution in [-0.2, 0) is 4.74 Å².